The van der Waals surface area contributed by atoms with E-state index in [-0.39, 0.29) is 11.5 Å². The van der Waals surface area contributed by atoms with E-state index in [1.807, 2.05) is 6.92 Å². The summed E-state index contributed by atoms with van der Waals surface area (Å²) in [6.45, 7) is 6.74. The first-order valence-electron chi connectivity index (χ1n) is 10.2. The average Bonchev–Trinajstić information content (AvgIpc) is 2.54. The van der Waals surface area contributed by atoms with Crippen molar-refractivity contribution < 1.29 is 9.90 Å². The van der Waals surface area contributed by atoms with Crippen molar-refractivity contribution >= 4 is 5.78 Å². The number of aliphatic hydroxyl groups is 1. The number of allylic oxidation sites excluding steroid dienone is 1. The van der Waals surface area contributed by atoms with E-state index in [2.05, 4.69) is 19.9 Å². The van der Waals surface area contributed by atoms with E-state index in [1.165, 1.54) is 32.1 Å². The maximum atomic E-state index is 12.3. The molecule has 4 rings (SSSR count). The van der Waals surface area contributed by atoms with Crippen LogP contribution in [0.25, 0.3) is 0 Å². The highest BCUT2D eigenvalue weighted by atomic mass is 16.3. The fourth-order valence-corrected chi connectivity index (χ4v) is 7.51. The molecule has 0 aromatic rings. The van der Waals surface area contributed by atoms with E-state index in [4.69, 9.17) is 0 Å². The van der Waals surface area contributed by atoms with Crippen LogP contribution in [0.5, 0.6) is 0 Å². The van der Waals surface area contributed by atoms with Gasteiger partial charge in [0.2, 0.25) is 0 Å². The minimum atomic E-state index is -0.119. The average molecular weight is 331 g/mol. The Hall–Kier alpha value is -0.630. The molecule has 2 heteroatoms. The molecular weight excluding hydrogens is 296 g/mol. The molecule has 4 aliphatic rings. The fraction of sp³-hybridized carbons (Fsp3) is 0.864. The largest absolute Gasteiger partial charge is 0.393 e. The lowest BCUT2D eigenvalue weighted by molar-refractivity contribution is -0.139. The van der Waals surface area contributed by atoms with Crippen molar-refractivity contribution in [2.75, 3.05) is 0 Å². The van der Waals surface area contributed by atoms with Crippen molar-refractivity contribution in [1.82, 2.24) is 0 Å². The normalized spacial score (nSPS) is 51.0. The van der Waals surface area contributed by atoms with Gasteiger partial charge in [-0.15, -0.1) is 0 Å². The van der Waals surface area contributed by atoms with E-state index in [0.29, 0.717) is 17.1 Å². The SMILES string of the molecule is CC(=O)C1CCCC2[C@@H]3CC=C4C[C@@H](O)CC[C@]4(C)C3CC[C@]12C. The Morgan fingerprint density at radius 3 is 2.67 bits per heavy atom. The number of fused-ring (bicyclic) bond motifs is 5. The number of Topliss-reactive ketones (excluding diaryl/α,β-unsaturated/α-hetero) is 1. The quantitative estimate of drug-likeness (QED) is 0.694. The zero-order valence-electron chi connectivity index (χ0n) is 15.7. The van der Waals surface area contributed by atoms with E-state index >= 15 is 0 Å². The summed E-state index contributed by atoms with van der Waals surface area (Å²) in [4.78, 5) is 12.3. The first-order chi connectivity index (χ1) is 11.4. The van der Waals surface area contributed by atoms with Crippen molar-refractivity contribution in [2.24, 2.45) is 34.5 Å². The summed E-state index contributed by atoms with van der Waals surface area (Å²) in [5.74, 6) is 2.98. The van der Waals surface area contributed by atoms with Gasteiger partial charge >= 0.3 is 0 Å². The molecule has 0 amide bonds. The Balaban J connectivity index is 1.67. The highest BCUT2D eigenvalue weighted by molar-refractivity contribution is 5.79. The number of hydrogen-bond donors (Lipinski definition) is 1. The van der Waals surface area contributed by atoms with Crippen LogP contribution in [0.2, 0.25) is 0 Å². The number of carbonyl (C=O) groups is 1. The molecule has 0 aliphatic heterocycles. The van der Waals surface area contributed by atoms with E-state index in [9.17, 15) is 9.90 Å². The van der Waals surface area contributed by atoms with E-state index in [1.54, 1.807) is 5.57 Å². The zero-order valence-corrected chi connectivity index (χ0v) is 15.7. The molecule has 0 aromatic carbocycles. The Morgan fingerprint density at radius 1 is 1.12 bits per heavy atom. The summed E-state index contributed by atoms with van der Waals surface area (Å²) in [6.07, 6.45) is 12.8. The molecule has 0 heterocycles. The van der Waals surface area contributed by atoms with Crippen molar-refractivity contribution in [3.63, 3.8) is 0 Å². The Bertz CT molecular complexity index is 564. The molecular formula is C22H34O2. The van der Waals surface area contributed by atoms with Gasteiger partial charge in [-0.2, -0.15) is 0 Å². The van der Waals surface area contributed by atoms with Gasteiger partial charge in [-0.3, -0.25) is 4.79 Å². The van der Waals surface area contributed by atoms with Crippen molar-refractivity contribution in [1.29, 1.82) is 0 Å². The summed E-state index contributed by atoms with van der Waals surface area (Å²) in [5.41, 5.74) is 2.10. The third-order valence-electron chi connectivity index (χ3n) is 8.81. The highest BCUT2D eigenvalue weighted by Gasteiger charge is 2.57. The lowest BCUT2D eigenvalue weighted by Crippen LogP contribution is -2.54. The lowest BCUT2D eigenvalue weighted by atomic mass is 9.43. The van der Waals surface area contributed by atoms with Crippen molar-refractivity contribution in [3.05, 3.63) is 11.6 Å². The van der Waals surface area contributed by atoms with Crippen LogP contribution in [0, 0.1) is 34.5 Å². The number of carbonyl (C=O) groups excluding carboxylic acids is 1. The fourth-order valence-electron chi connectivity index (χ4n) is 7.51. The first kappa shape index (κ1) is 16.8. The minimum Gasteiger partial charge on any atom is -0.393 e. The summed E-state index contributed by atoms with van der Waals surface area (Å²) in [6, 6.07) is 0. The Morgan fingerprint density at radius 2 is 1.92 bits per heavy atom. The molecule has 7 atom stereocenters. The molecule has 4 aliphatic carbocycles. The monoisotopic (exact) mass is 330 g/mol. The summed E-state index contributed by atoms with van der Waals surface area (Å²) in [7, 11) is 0. The van der Waals surface area contributed by atoms with Gasteiger partial charge < -0.3 is 5.11 Å². The number of hydrogen-bond acceptors (Lipinski definition) is 2. The second kappa shape index (κ2) is 5.69. The van der Waals surface area contributed by atoms with Crippen LogP contribution >= 0.6 is 0 Å². The van der Waals surface area contributed by atoms with Gasteiger partial charge in [0.1, 0.15) is 5.78 Å². The minimum absolute atomic E-state index is 0.119. The smallest absolute Gasteiger partial charge is 0.133 e. The summed E-state index contributed by atoms with van der Waals surface area (Å²) in [5, 5.41) is 10.1. The molecule has 0 saturated heterocycles. The van der Waals surface area contributed by atoms with Gasteiger partial charge in [0.15, 0.2) is 0 Å². The number of aliphatic hydroxyl groups excluding tert-OH is 1. The van der Waals surface area contributed by atoms with E-state index < -0.39 is 0 Å². The predicted octanol–water partition coefficient (Wildman–Crippen LogP) is 4.91. The number of ketones is 1. The van der Waals surface area contributed by atoms with Crippen molar-refractivity contribution in [3.8, 4) is 0 Å². The molecule has 24 heavy (non-hydrogen) atoms. The molecule has 3 fully saturated rings. The Kier molecular flexibility index (Phi) is 3.99. The maximum absolute atomic E-state index is 12.3. The molecule has 0 radical (unpaired) electrons. The standard InChI is InChI=1S/C22H34O2/c1-14(23)18-5-4-6-19-17-8-7-15-13-16(24)9-11-21(15,2)20(17)10-12-22(18,19)3/h7,16-20,24H,4-6,8-13H2,1-3H3/t16-,17-,18?,19?,20?,21-,22+/m0/s1. The molecule has 3 unspecified atom stereocenters. The first-order valence-corrected chi connectivity index (χ1v) is 10.2. The predicted molar refractivity (Wildman–Crippen MR) is 96.5 cm³/mol. The van der Waals surface area contributed by atoms with Crippen LogP contribution in [-0.2, 0) is 4.79 Å². The van der Waals surface area contributed by atoms with Gasteiger partial charge in [0.25, 0.3) is 0 Å². The molecule has 2 nitrogen and oxygen atoms in total. The van der Waals surface area contributed by atoms with Crippen molar-refractivity contribution in [2.45, 2.75) is 84.7 Å². The molecule has 0 bridgehead atoms. The van der Waals surface area contributed by atoms with Gasteiger partial charge in [-0.05, 0) is 86.9 Å². The van der Waals surface area contributed by atoms with Crippen LogP contribution in [0.15, 0.2) is 11.6 Å². The third kappa shape index (κ3) is 2.28. The van der Waals surface area contributed by atoms with Gasteiger partial charge in [0, 0.05) is 5.92 Å². The molecule has 0 aromatic heterocycles. The Labute approximate surface area is 147 Å². The molecule has 134 valence electrons. The lowest BCUT2D eigenvalue weighted by Gasteiger charge is -2.61. The van der Waals surface area contributed by atoms with Crippen LogP contribution < -0.4 is 0 Å². The van der Waals surface area contributed by atoms with Gasteiger partial charge in [-0.1, -0.05) is 31.9 Å². The topological polar surface area (TPSA) is 37.3 Å². The summed E-state index contributed by atoms with van der Waals surface area (Å²) < 4.78 is 0. The van der Waals surface area contributed by atoms with Gasteiger partial charge in [-0.25, -0.2) is 0 Å². The second-order valence-electron chi connectivity index (χ2n) is 9.79. The summed E-state index contributed by atoms with van der Waals surface area (Å²) >= 11 is 0. The van der Waals surface area contributed by atoms with Crippen LogP contribution in [0.4, 0.5) is 0 Å². The van der Waals surface area contributed by atoms with E-state index in [0.717, 1.165) is 43.4 Å². The zero-order chi connectivity index (χ0) is 17.1. The third-order valence-corrected chi connectivity index (χ3v) is 8.81. The number of rotatable bonds is 1. The van der Waals surface area contributed by atoms with Crippen LogP contribution in [0.1, 0.15) is 78.6 Å². The van der Waals surface area contributed by atoms with Gasteiger partial charge in [0.05, 0.1) is 6.10 Å². The van der Waals surface area contributed by atoms with Crippen LogP contribution in [-0.4, -0.2) is 17.0 Å². The highest BCUT2D eigenvalue weighted by Crippen LogP contribution is 2.65. The molecule has 1 N–H and O–H groups in total. The van der Waals surface area contributed by atoms with Crippen LogP contribution in [0.3, 0.4) is 0 Å². The molecule has 0 spiro atoms. The second-order valence-corrected chi connectivity index (χ2v) is 9.79. The maximum Gasteiger partial charge on any atom is 0.133 e. The molecule has 3 saturated carbocycles.